The highest BCUT2D eigenvalue weighted by Crippen LogP contribution is 2.49. The van der Waals surface area contributed by atoms with Crippen molar-refractivity contribution in [3.8, 4) is 28.0 Å². The van der Waals surface area contributed by atoms with Gasteiger partial charge in [0.2, 0.25) is 0 Å². The van der Waals surface area contributed by atoms with Crippen molar-refractivity contribution in [2.24, 2.45) is 0 Å². The van der Waals surface area contributed by atoms with Crippen LogP contribution in [0.2, 0.25) is 0 Å². The first-order chi connectivity index (χ1) is 19.5. The van der Waals surface area contributed by atoms with Crippen molar-refractivity contribution < 1.29 is 4.74 Å². The molecule has 3 rings (SSSR count). The molecular weight excluding hydrogens is 738 g/mol. The normalized spacial score (nSPS) is 12.4. The number of benzene rings is 3. The Hall–Kier alpha value is -1.08. The Morgan fingerprint density at radius 2 is 0.714 bits per heavy atom. The zero-order valence-corrected chi connectivity index (χ0v) is 32.9. The molecule has 0 aliphatic heterocycles. The fourth-order valence-corrected chi connectivity index (χ4v) is 8.01. The van der Waals surface area contributed by atoms with E-state index >= 15 is 0 Å². The summed E-state index contributed by atoms with van der Waals surface area (Å²) in [6, 6.07) is 12.4. The van der Waals surface area contributed by atoms with E-state index in [-0.39, 0.29) is 6.10 Å². The van der Waals surface area contributed by atoms with Crippen LogP contribution in [0.1, 0.15) is 166 Å². The van der Waals surface area contributed by atoms with E-state index in [0.717, 1.165) is 5.75 Å². The zero-order valence-electron chi connectivity index (χ0n) is 28.6. The van der Waals surface area contributed by atoms with Crippen molar-refractivity contribution in [1.82, 2.24) is 0 Å². The Bertz CT molecular complexity index is 1250. The van der Waals surface area contributed by atoms with Crippen LogP contribution in [0.15, 0.2) is 30.3 Å². The summed E-state index contributed by atoms with van der Waals surface area (Å²) >= 11 is 5.14. The lowest BCUT2D eigenvalue weighted by Crippen LogP contribution is -2.12. The van der Waals surface area contributed by atoms with Crippen molar-refractivity contribution in [1.29, 1.82) is 0 Å². The molecule has 0 bridgehead atoms. The van der Waals surface area contributed by atoms with Crippen LogP contribution in [-0.2, 0) is 0 Å². The van der Waals surface area contributed by atoms with Gasteiger partial charge in [-0.25, -0.2) is 0 Å². The van der Waals surface area contributed by atoms with E-state index in [4.69, 9.17) is 4.74 Å². The van der Waals surface area contributed by atoms with Crippen molar-refractivity contribution >= 4 is 45.2 Å². The summed E-state index contributed by atoms with van der Waals surface area (Å²) in [5, 5.41) is 0. The van der Waals surface area contributed by atoms with E-state index in [1.165, 1.54) is 62.8 Å². The molecule has 0 heterocycles. The second-order valence-corrected chi connectivity index (χ2v) is 16.3. The summed E-state index contributed by atoms with van der Waals surface area (Å²) in [7, 11) is 0. The second-order valence-electron chi connectivity index (χ2n) is 14.2. The molecule has 1 nitrogen and oxygen atoms in total. The maximum absolute atomic E-state index is 6.71. The van der Waals surface area contributed by atoms with Crippen LogP contribution in [0.5, 0.6) is 5.75 Å². The van der Waals surface area contributed by atoms with Gasteiger partial charge in [-0.05, 0) is 145 Å². The SMILES string of the molecule is CC(C)Oc1c(I)c(-c2c(C(C)C)cc(C(C)C)cc2C(C)C)cc(-c2c(C(C)C)cc(C(C)C)cc2C(C)C)c1I. The molecule has 0 saturated carbocycles. The summed E-state index contributed by atoms with van der Waals surface area (Å²) in [4.78, 5) is 0. The van der Waals surface area contributed by atoms with E-state index in [2.05, 4.69) is 172 Å². The molecule has 3 heteroatoms. The van der Waals surface area contributed by atoms with Crippen molar-refractivity contribution in [2.45, 2.75) is 139 Å². The molecule has 0 N–H and O–H groups in total. The Morgan fingerprint density at radius 1 is 0.429 bits per heavy atom. The van der Waals surface area contributed by atoms with Gasteiger partial charge >= 0.3 is 0 Å². The average molecular weight is 793 g/mol. The summed E-state index contributed by atoms with van der Waals surface area (Å²) in [6.45, 7) is 32.3. The first kappa shape index (κ1) is 35.4. The Kier molecular flexibility index (Phi) is 12.1. The van der Waals surface area contributed by atoms with Crippen LogP contribution in [-0.4, -0.2) is 6.10 Å². The van der Waals surface area contributed by atoms with E-state index in [0.29, 0.717) is 35.5 Å². The average Bonchev–Trinajstić information content (AvgIpc) is 2.89. The minimum absolute atomic E-state index is 0.0880. The first-order valence-corrected chi connectivity index (χ1v) is 18.2. The van der Waals surface area contributed by atoms with Crippen LogP contribution < -0.4 is 4.74 Å². The minimum Gasteiger partial charge on any atom is -0.489 e. The van der Waals surface area contributed by atoms with Crippen LogP contribution >= 0.6 is 45.2 Å². The van der Waals surface area contributed by atoms with E-state index in [1.807, 2.05) is 0 Å². The molecule has 0 fully saturated rings. The maximum atomic E-state index is 6.71. The van der Waals surface area contributed by atoms with Gasteiger partial charge in [0.1, 0.15) is 5.75 Å². The first-order valence-electron chi connectivity index (χ1n) is 16.0. The monoisotopic (exact) mass is 792 g/mol. The maximum Gasteiger partial charge on any atom is 0.147 e. The predicted molar refractivity (Wildman–Crippen MR) is 203 cm³/mol. The third kappa shape index (κ3) is 7.41. The fraction of sp³-hybridized carbons (Fsp3) is 0.538. The lowest BCUT2D eigenvalue weighted by atomic mass is 9.79. The quantitative estimate of drug-likeness (QED) is 0.186. The minimum atomic E-state index is 0.0880. The highest BCUT2D eigenvalue weighted by Gasteiger charge is 2.28. The van der Waals surface area contributed by atoms with Gasteiger partial charge in [0.05, 0.1) is 13.2 Å². The topological polar surface area (TPSA) is 9.23 Å². The van der Waals surface area contributed by atoms with Gasteiger partial charge in [-0.15, -0.1) is 0 Å². The highest BCUT2D eigenvalue weighted by molar-refractivity contribution is 14.1. The number of ether oxygens (including phenoxy) is 1. The molecule has 0 amide bonds. The Labute approximate surface area is 285 Å². The number of hydrogen-bond donors (Lipinski definition) is 0. The second kappa shape index (κ2) is 14.3. The number of rotatable bonds is 10. The van der Waals surface area contributed by atoms with Crippen LogP contribution in [0.25, 0.3) is 22.3 Å². The van der Waals surface area contributed by atoms with Gasteiger partial charge < -0.3 is 4.74 Å². The molecule has 0 spiro atoms. The molecule has 42 heavy (non-hydrogen) atoms. The van der Waals surface area contributed by atoms with E-state index in [1.54, 1.807) is 0 Å². The van der Waals surface area contributed by atoms with Crippen molar-refractivity contribution in [3.05, 3.63) is 70.9 Å². The van der Waals surface area contributed by atoms with Gasteiger partial charge in [-0.2, -0.15) is 0 Å². The van der Waals surface area contributed by atoms with Crippen molar-refractivity contribution in [2.75, 3.05) is 0 Å². The molecular formula is C39H54I2O. The summed E-state index contributed by atoms with van der Waals surface area (Å²) < 4.78 is 9.14. The summed E-state index contributed by atoms with van der Waals surface area (Å²) in [6.07, 6.45) is 0.0880. The third-order valence-corrected chi connectivity index (χ3v) is 10.5. The number of hydrogen-bond acceptors (Lipinski definition) is 1. The van der Waals surface area contributed by atoms with Crippen LogP contribution in [0, 0.1) is 7.14 Å². The Balaban J connectivity index is 2.63. The molecule has 0 atom stereocenters. The molecule has 3 aromatic carbocycles. The van der Waals surface area contributed by atoms with Crippen LogP contribution in [0.4, 0.5) is 0 Å². The summed E-state index contributed by atoms with van der Waals surface area (Å²) in [5.74, 6) is 3.63. The molecule has 0 saturated heterocycles. The number of halogens is 2. The van der Waals surface area contributed by atoms with Gasteiger partial charge in [0.15, 0.2) is 0 Å². The smallest absolute Gasteiger partial charge is 0.147 e. The van der Waals surface area contributed by atoms with Gasteiger partial charge in [-0.3, -0.25) is 0 Å². The molecule has 0 aliphatic carbocycles. The molecule has 0 unspecified atom stereocenters. The predicted octanol–water partition coefficient (Wildman–Crippen LogP) is 13.8. The largest absolute Gasteiger partial charge is 0.489 e. The zero-order chi connectivity index (χ0) is 31.8. The van der Waals surface area contributed by atoms with Gasteiger partial charge in [-0.1, -0.05) is 107 Å². The molecule has 0 aliphatic rings. The van der Waals surface area contributed by atoms with E-state index < -0.39 is 0 Å². The molecule has 0 radical (unpaired) electrons. The van der Waals surface area contributed by atoms with E-state index in [9.17, 15) is 0 Å². The molecule has 0 aromatic heterocycles. The fourth-order valence-electron chi connectivity index (χ4n) is 5.85. The lowest BCUT2D eigenvalue weighted by Gasteiger charge is -2.28. The highest BCUT2D eigenvalue weighted by atomic mass is 127. The standard InChI is InChI=1S/C39H54I2O/c1-20(2)27-15-29(22(5)6)35(30(16-27)23(7)8)33-19-34(38(41)39(37(33)40)42-26(13)14)36-31(24(9)10)17-28(21(3)4)18-32(36)25(11)12/h15-26H,1-14H3. The van der Waals surface area contributed by atoms with Gasteiger partial charge in [0, 0.05) is 11.1 Å². The molecule has 230 valence electrons. The van der Waals surface area contributed by atoms with Crippen LogP contribution in [0.3, 0.4) is 0 Å². The van der Waals surface area contributed by atoms with Gasteiger partial charge in [0.25, 0.3) is 0 Å². The Morgan fingerprint density at radius 3 is 0.929 bits per heavy atom. The summed E-state index contributed by atoms with van der Waals surface area (Å²) in [5.41, 5.74) is 14.0. The molecule has 3 aromatic rings. The lowest BCUT2D eigenvalue weighted by molar-refractivity contribution is 0.239. The van der Waals surface area contributed by atoms with Crippen molar-refractivity contribution in [3.63, 3.8) is 0 Å². The third-order valence-electron chi connectivity index (χ3n) is 8.32.